The Labute approximate surface area is 281 Å². The number of β-amino-alcohol motifs (C(OH)–C–C–N with tert-alkyl or cyclic N) is 1. The van der Waals surface area contributed by atoms with Crippen LogP contribution in [0.2, 0.25) is 0 Å². The molecule has 1 atom stereocenters. The molecular weight excluding hydrogens is 608 g/mol. The van der Waals surface area contributed by atoms with Crippen molar-refractivity contribution in [3.05, 3.63) is 82.2 Å². The summed E-state index contributed by atoms with van der Waals surface area (Å²) in [6.07, 6.45) is 9.62. The third-order valence-electron chi connectivity index (χ3n) is 10.4. The molecule has 11 nitrogen and oxygen atoms in total. The molecule has 252 valence electrons. The van der Waals surface area contributed by atoms with Gasteiger partial charge in [-0.05, 0) is 79.0 Å². The lowest BCUT2D eigenvalue weighted by atomic mass is 9.84. The first-order valence-electron chi connectivity index (χ1n) is 17.2. The first-order chi connectivity index (χ1) is 23.3. The molecule has 0 spiro atoms. The highest BCUT2D eigenvalue weighted by Crippen LogP contribution is 2.35. The summed E-state index contributed by atoms with van der Waals surface area (Å²) in [5.41, 5.74) is 6.48. The van der Waals surface area contributed by atoms with Crippen molar-refractivity contribution >= 4 is 23.9 Å². The SMILES string of the molecule is Cc1ccc(C2(O)CN(Cc3ccc(N4CCC(Oc5ncc6c(n5)CCCC6)CC4)cc3)C2)cc1CN(C=O)C1CCC(=O)NC1=O. The predicted octanol–water partition coefficient (Wildman–Crippen LogP) is 3.18. The molecular formula is C37H44N6O5. The molecule has 2 aromatic carbocycles. The van der Waals surface area contributed by atoms with E-state index in [4.69, 9.17) is 9.72 Å². The Morgan fingerprint density at radius 3 is 2.56 bits per heavy atom. The van der Waals surface area contributed by atoms with Gasteiger partial charge in [-0.15, -0.1) is 0 Å². The number of carbonyl (C=O) groups is 3. The van der Waals surface area contributed by atoms with Gasteiger partial charge in [0.05, 0.1) is 5.69 Å². The summed E-state index contributed by atoms with van der Waals surface area (Å²) in [6, 6.07) is 14.4. The highest BCUT2D eigenvalue weighted by atomic mass is 16.5. The fourth-order valence-corrected chi connectivity index (χ4v) is 7.50. The van der Waals surface area contributed by atoms with Crippen LogP contribution >= 0.6 is 0 Å². The maximum atomic E-state index is 12.4. The van der Waals surface area contributed by atoms with Crippen LogP contribution in [-0.2, 0) is 45.9 Å². The molecule has 48 heavy (non-hydrogen) atoms. The molecule has 0 saturated carbocycles. The molecule has 2 N–H and O–H groups in total. The van der Waals surface area contributed by atoms with E-state index >= 15 is 0 Å². The Morgan fingerprint density at radius 1 is 1.04 bits per heavy atom. The van der Waals surface area contributed by atoms with Gasteiger partial charge >= 0.3 is 6.01 Å². The van der Waals surface area contributed by atoms with Crippen molar-refractivity contribution in [1.29, 1.82) is 0 Å². The summed E-state index contributed by atoms with van der Waals surface area (Å²) in [5, 5.41) is 13.8. The summed E-state index contributed by atoms with van der Waals surface area (Å²) in [6.45, 7) is 5.78. The standard InChI is InChI=1S/C37H44N6O5/c1-25-6-9-29(18-28(25)21-43(24-44)33-12-13-34(45)40-35(33)46)37(47)22-41(23-37)20-26-7-10-30(11-8-26)42-16-14-31(15-17-42)48-36-38-19-27-4-2-3-5-32(27)39-36/h6-11,18-19,24,31,33,47H,2-5,12-17,20-23H2,1H3,(H,40,45,46). The van der Waals surface area contributed by atoms with E-state index in [1.807, 2.05) is 31.3 Å². The number of piperidine rings is 2. The lowest BCUT2D eigenvalue weighted by Crippen LogP contribution is -2.58. The van der Waals surface area contributed by atoms with Crippen molar-refractivity contribution in [1.82, 2.24) is 25.1 Å². The molecule has 3 fully saturated rings. The molecule has 0 radical (unpaired) electrons. The number of hydrogen-bond donors (Lipinski definition) is 2. The van der Waals surface area contributed by atoms with Crippen LogP contribution in [-0.4, -0.2) is 81.4 Å². The van der Waals surface area contributed by atoms with Crippen molar-refractivity contribution in [3.63, 3.8) is 0 Å². The second kappa shape index (κ2) is 13.6. The minimum Gasteiger partial charge on any atom is -0.460 e. The van der Waals surface area contributed by atoms with E-state index in [1.54, 1.807) is 0 Å². The normalized spacial score (nSPS) is 21.2. The third-order valence-corrected chi connectivity index (χ3v) is 10.4. The molecule has 1 aromatic heterocycles. The van der Waals surface area contributed by atoms with E-state index in [1.165, 1.54) is 34.6 Å². The topological polar surface area (TPSA) is 128 Å². The molecule has 3 aliphatic heterocycles. The first kappa shape index (κ1) is 32.2. The molecule has 0 bridgehead atoms. The molecule has 3 amide bonds. The Balaban J connectivity index is 0.896. The lowest BCUT2D eigenvalue weighted by molar-refractivity contribution is -0.141. The maximum absolute atomic E-state index is 12.4. The van der Waals surface area contributed by atoms with Crippen LogP contribution in [0.4, 0.5) is 5.69 Å². The van der Waals surface area contributed by atoms with Gasteiger partial charge in [0.2, 0.25) is 18.2 Å². The zero-order valence-corrected chi connectivity index (χ0v) is 27.6. The van der Waals surface area contributed by atoms with Gasteiger partial charge in [0.15, 0.2) is 0 Å². The van der Waals surface area contributed by atoms with Crippen LogP contribution < -0.4 is 15.0 Å². The molecule has 4 aliphatic rings. The van der Waals surface area contributed by atoms with Gasteiger partial charge in [-0.2, -0.15) is 4.98 Å². The summed E-state index contributed by atoms with van der Waals surface area (Å²) in [5.74, 6) is -0.758. The van der Waals surface area contributed by atoms with Crippen molar-refractivity contribution in [2.75, 3.05) is 31.1 Å². The van der Waals surface area contributed by atoms with E-state index in [2.05, 4.69) is 44.4 Å². The Hall–Kier alpha value is -4.35. The second-order valence-electron chi connectivity index (χ2n) is 13.9. The van der Waals surface area contributed by atoms with Crippen molar-refractivity contribution < 1.29 is 24.2 Å². The summed E-state index contributed by atoms with van der Waals surface area (Å²) < 4.78 is 6.19. The van der Waals surface area contributed by atoms with E-state index in [0.29, 0.717) is 31.9 Å². The highest BCUT2D eigenvalue weighted by Gasteiger charge is 2.43. The van der Waals surface area contributed by atoms with Gasteiger partial charge < -0.3 is 19.6 Å². The zero-order chi connectivity index (χ0) is 33.3. The fourth-order valence-electron chi connectivity index (χ4n) is 7.50. The number of ether oxygens (including phenoxy) is 1. The predicted molar refractivity (Wildman–Crippen MR) is 179 cm³/mol. The quantitative estimate of drug-likeness (QED) is 0.251. The van der Waals surface area contributed by atoms with Crippen molar-refractivity contribution in [2.45, 2.75) is 89.1 Å². The van der Waals surface area contributed by atoms with Crippen LogP contribution in [0, 0.1) is 6.92 Å². The van der Waals surface area contributed by atoms with Crippen molar-refractivity contribution in [2.24, 2.45) is 0 Å². The molecule has 3 aromatic rings. The molecule has 1 unspecified atom stereocenters. The largest absolute Gasteiger partial charge is 0.460 e. The van der Waals surface area contributed by atoms with Gasteiger partial charge in [-0.1, -0.05) is 30.3 Å². The minimum absolute atomic E-state index is 0.131. The summed E-state index contributed by atoms with van der Waals surface area (Å²) >= 11 is 0. The van der Waals surface area contributed by atoms with E-state index in [0.717, 1.165) is 67.7 Å². The minimum atomic E-state index is -0.987. The number of aryl methyl sites for hydroxylation is 3. The van der Waals surface area contributed by atoms with Gasteiger partial charge in [0.1, 0.15) is 17.7 Å². The lowest BCUT2D eigenvalue weighted by Gasteiger charge is -2.47. The third kappa shape index (κ3) is 6.93. The highest BCUT2D eigenvalue weighted by molar-refractivity contribution is 6.00. The summed E-state index contributed by atoms with van der Waals surface area (Å²) in [7, 11) is 0. The number of carbonyl (C=O) groups excluding carboxylic acids is 3. The number of fused-ring (bicyclic) bond motifs is 1. The van der Waals surface area contributed by atoms with Crippen LogP contribution in [0.1, 0.15) is 72.0 Å². The first-order valence-corrected chi connectivity index (χ1v) is 17.2. The van der Waals surface area contributed by atoms with Gasteiger partial charge in [-0.3, -0.25) is 24.6 Å². The number of anilines is 1. The number of nitrogens with zero attached hydrogens (tertiary/aromatic N) is 5. The molecule has 7 rings (SSSR count). The number of imide groups is 1. The number of benzene rings is 2. The number of aliphatic hydroxyl groups is 1. The number of likely N-dealkylation sites (tertiary alicyclic amines) is 1. The van der Waals surface area contributed by atoms with E-state index in [9.17, 15) is 19.5 Å². The average Bonchev–Trinajstić information content (AvgIpc) is 3.08. The number of hydrogen-bond acceptors (Lipinski definition) is 9. The second-order valence-corrected chi connectivity index (χ2v) is 13.9. The number of rotatable bonds is 10. The van der Waals surface area contributed by atoms with Crippen LogP contribution in [0.3, 0.4) is 0 Å². The van der Waals surface area contributed by atoms with Crippen molar-refractivity contribution in [3.8, 4) is 6.01 Å². The Kier molecular flexibility index (Phi) is 9.15. The molecule has 11 heteroatoms. The summed E-state index contributed by atoms with van der Waals surface area (Å²) in [4.78, 5) is 51.1. The van der Waals surface area contributed by atoms with E-state index in [-0.39, 0.29) is 25.0 Å². The molecule has 4 heterocycles. The smallest absolute Gasteiger partial charge is 0.316 e. The van der Waals surface area contributed by atoms with Crippen LogP contribution in [0.5, 0.6) is 6.01 Å². The zero-order valence-electron chi connectivity index (χ0n) is 27.6. The average molecular weight is 653 g/mol. The van der Waals surface area contributed by atoms with Crippen LogP contribution in [0.25, 0.3) is 0 Å². The van der Waals surface area contributed by atoms with Gasteiger partial charge in [0.25, 0.3) is 0 Å². The maximum Gasteiger partial charge on any atom is 0.316 e. The van der Waals surface area contributed by atoms with E-state index < -0.39 is 17.6 Å². The Morgan fingerprint density at radius 2 is 1.81 bits per heavy atom. The fraction of sp³-hybridized carbons (Fsp3) is 0.486. The Bertz CT molecular complexity index is 1670. The van der Waals surface area contributed by atoms with Gasteiger partial charge in [-0.25, -0.2) is 4.98 Å². The number of amides is 3. The number of nitrogens with one attached hydrogen (secondary N) is 1. The molecule has 1 aliphatic carbocycles. The van der Waals surface area contributed by atoms with Crippen LogP contribution in [0.15, 0.2) is 48.7 Å². The number of aromatic nitrogens is 2. The molecule has 3 saturated heterocycles. The van der Waals surface area contributed by atoms with Gasteiger partial charge in [0, 0.05) is 70.4 Å². The monoisotopic (exact) mass is 652 g/mol.